The minimum Gasteiger partial charge on any atom is -0.296 e. The van der Waals surface area contributed by atoms with Gasteiger partial charge in [0, 0.05) is 6.20 Å². The van der Waals surface area contributed by atoms with Gasteiger partial charge in [-0.05, 0) is 18.2 Å². The summed E-state index contributed by atoms with van der Waals surface area (Å²) in [7, 11) is 0. The molecule has 112 valence electrons. The molecule has 0 aliphatic heterocycles. The number of alkyl halides is 3. The van der Waals surface area contributed by atoms with Crippen LogP contribution in [0.3, 0.4) is 0 Å². The molecule has 0 saturated carbocycles. The lowest BCUT2D eigenvalue weighted by Gasteiger charge is -2.03. The van der Waals surface area contributed by atoms with Gasteiger partial charge in [-0.15, -0.1) is 0 Å². The molecule has 3 rings (SSSR count). The monoisotopic (exact) mass is 324 g/mol. The van der Waals surface area contributed by atoms with Crippen molar-refractivity contribution in [3.63, 3.8) is 0 Å². The van der Waals surface area contributed by atoms with Crippen LogP contribution in [-0.2, 0) is 6.18 Å². The molecule has 0 radical (unpaired) electrons. The molecule has 0 fully saturated rings. The van der Waals surface area contributed by atoms with Crippen molar-refractivity contribution < 1.29 is 18.0 Å². The molecular weight excluding hydrogens is 317 g/mol. The number of amides is 1. The van der Waals surface area contributed by atoms with E-state index in [1.165, 1.54) is 12.3 Å². The Balaban J connectivity index is 1.88. The molecule has 3 aromatic rings. The van der Waals surface area contributed by atoms with Gasteiger partial charge >= 0.3 is 6.18 Å². The van der Waals surface area contributed by atoms with Crippen LogP contribution in [0.5, 0.6) is 0 Å². The van der Waals surface area contributed by atoms with Crippen molar-refractivity contribution >= 4 is 32.6 Å². The number of rotatable bonds is 2. The van der Waals surface area contributed by atoms with E-state index < -0.39 is 17.8 Å². The van der Waals surface area contributed by atoms with Crippen molar-refractivity contribution in [3.05, 3.63) is 48.0 Å². The molecule has 0 atom stereocenters. The average molecular weight is 324 g/mol. The summed E-state index contributed by atoms with van der Waals surface area (Å²) in [5.74, 6) is -0.483. The van der Waals surface area contributed by atoms with Gasteiger partial charge < -0.3 is 0 Å². The third kappa shape index (κ3) is 2.89. The number of hydrogen-bond acceptors (Lipinski definition) is 5. The molecule has 5 nitrogen and oxygen atoms in total. The van der Waals surface area contributed by atoms with Crippen LogP contribution in [0, 0.1) is 0 Å². The zero-order valence-corrected chi connectivity index (χ0v) is 11.6. The highest BCUT2D eigenvalue weighted by atomic mass is 32.1. The van der Waals surface area contributed by atoms with Crippen molar-refractivity contribution in [2.75, 3.05) is 5.32 Å². The van der Waals surface area contributed by atoms with E-state index in [0.717, 1.165) is 23.6 Å². The number of fused-ring (bicyclic) bond motifs is 1. The van der Waals surface area contributed by atoms with E-state index >= 15 is 0 Å². The fraction of sp³-hybridized carbons (Fsp3) is 0.0769. The highest BCUT2D eigenvalue weighted by Crippen LogP contribution is 2.32. The van der Waals surface area contributed by atoms with E-state index in [4.69, 9.17) is 0 Å². The molecule has 0 aromatic carbocycles. The van der Waals surface area contributed by atoms with Crippen LogP contribution < -0.4 is 5.32 Å². The number of halogens is 3. The van der Waals surface area contributed by atoms with Crippen molar-refractivity contribution in [2.24, 2.45) is 0 Å². The molecule has 0 unspecified atom stereocenters. The zero-order valence-electron chi connectivity index (χ0n) is 10.8. The summed E-state index contributed by atoms with van der Waals surface area (Å²) < 4.78 is 38.1. The normalized spacial score (nSPS) is 11.6. The minimum absolute atomic E-state index is 0.187. The first-order valence-corrected chi connectivity index (χ1v) is 6.81. The molecule has 9 heteroatoms. The predicted octanol–water partition coefficient (Wildman–Crippen LogP) is 3.36. The maximum absolute atomic E-state index is 12.6. The van der Waals surface area contributed by atoms with Crippen molar-refractivity contribution in [1.29, 1.82) is 0 Å². The molecule has 0 spiro atoms. The highest BCUT2D eigenvalue weighted by molar-refractivity contribution is 7.22. The summed E-state index contributed by atoms with van der Waals surface area (Å²) >= 11 is 0.940. The second-order valence-corrected chi connectivity index (χ2v) is 5.25. The van der Waals surface area contributed by atoms with Gasteiger partial charge in [0.25, 0.3) is 5.91 Å². The first kappa shape index (κ1) is 14.4. The van der Waals surface area contributed by atoms with Crippen LogP contribution in [0.15, 0.2) is 36.7 Å². The zero-order chi connectivity index (χ0) is 15.7. The number of hydrogen-bond donors (Lipinski definition) is 1. The smallest absolute Gasteiger partial charge is 0.296 e. The summed E-state index contributed by atoms with van der Waals surface area (Å²) in [4.78, 5) is 23.1. The standard InChI is InChI=1S/C13H7F3N4OS/c14-13(15,16)10-5-9-8(6-18-10)19-12(22-9)20-11(21)7-3-1-2-4-17-7/h1-6H,(H,19,20,21). The Hall–Kier alpha value is -2.55. The summed E-state index contributed by atoms with van der Waals surface area (Å²) in [6.07, 6.45) is -2.02. The number of carbonyl (C=O) groups excluding carboxylic acids is 1. The molecule has 0 aliphatic carbocycles. The largest absolute Gasteiger partial charge is 0.433 e. The summed E-state index contributed by atoms with van der Waals surface area (Å²) in [5.41, 5.74) is -0.517. The second-order valence-electron chi connectivity index (χ2n) is 4.22. The van der Waals surface area contributed by atoms with Crippen LogP contribution in [0.25, 0.3) is 10.2 Å². The SMILES string of the molecule is O=C(Nc1nc2cnc(C(F)(F)F)cc2s1)c1ccccn1. The number of pyridine rings is 2. The number of aromatic nitrogens is 3. The maximum atomic E-state index is 12.6. The van der Waals surface area contributed by atoms with E-state index in [1.54, 1.807) is 12.1 Å². The van der Waals surface area contributed by atoms with Gasteiger partial charge in [-0.25, -0.2) is 9.97 Å². The van der Waals surface area contributed by atoms with Gasteiger partial charge in [0.2, 0.25) is 0 Å². The molecule has 1 amide bonds. The fourth-order valence-corrected chi connectivity index (χ4v) is 2.57. The Morgan fingerprint density at radius 2 is 2.05 bits per heavy atom. The lowest BCUT2D eigenvalue weighted by atomic mass is 10.3. The first-order valence-electron chi connectivity index (χ1n) is 5.99. The fourth-order valence-electron chi connectivity index (χ4n) is 1.70. The maximum Gasteiger partial charge on any atom is 0.433 e. The van der Waals surface area contributed by atoms with Crippen LogP contribution in [0.4, 0.5) is 18.3 Å². The number of carbonyl (C=O) groups is 1. The molecule has 3 heterocycles. The third-order valence-corrected chi connectivity index (χ3v) is 3.62. The van der Waals surface area contributed by atoms with Gasteiger partial charge in [-0.3, -0.25) is 15.1 Å². The Kier molecular flexibility index (Phi) is 3.49. The average Bonchev–Trinajstić information content (AvgIpc) is 2.88. The molecule has 0 aliphatic rings. The molecule has 0 bridgehead atoms. The van der Waals surface area contributed by atoms with Gasteiger partial charge in [-0.2, -0.15) is 13.2 Å². The third-order valence-electron chi connectivity index (χ3n) is 2.68. The molecule has 1 N–H and O–H groups in total. The number of thiazole rings is 1. The van der Waals surface area contributed by atoms with E-state index in [0.29, 0.717) is 4.70 Å². The van der Waals surface area contributed by atoms with Crippen LogP contribution in [-0.4, -0.2) is 20.9 Å². The number of anilines is 1. The Bertz CT molecular complexity index is 832. The van der Waals surface area contributed by atoms with Crippen LogP contribution in [0.1, 0.15) is 16.2 Å². The van der Waals surface area contributed by atoms with Crippen LogP contribution in [0.2, 0.25) is 0 Å². The van der Waals surface area contributed by atoms with Crippen molar-refractivity contribution in [2.45, 2.75) is 6.18 Å². The van der Waals surface area contributed by atoms with Crippen molar-refractivity contribution in [3.8, 4) is 0 Å². The van der Waals surface area contributed by atoms with Crippen LogP contribution >= 0.6 is 11.3 Å². The second kappa shape index (κ2) is 5.34. The van der Waals surface area contributed by atoms with E-state index in [-0.39, 0.29) is 16.3 Å². The Morgan fingerprint density at radius 1 is 1.23 bits per heavy atom. The summed E-state index contributed by atoms with van der Waals surface area (Å²) in [6.45, 7) is 0. The lowest BCUT2D eigenvalue weighted by Crippen LogP contribution is -2.12. The molecule has 3 aromatic heterocycles. The molecular formula is C13H7F3N4OS. The van der Waals surface area contributed by atoms with Gasteiger partial charge in [0.05, 0.1) is 10.9 Å². The van der Waals surface area contributed by atoms with E-state index in [2.05, 4.69) is 20.3 Å². The molecule has 0 saturated heterocycles. The Labute approximate surface area is 125 Å². The highest BCUT2D eigenvalue weighted by Gasteiger charge is 2.32. The van der Waals surface area contributed by atoms with E-state index in [1.807, 2.05) is 0 Å². The van der Waals surface area contributed by atoms with Crippen molar-refractivity contribution in [1.82, 2.24) is 15.0 Å². The summed E-state index contributed by atoms with van der Waals surface area (Å²) in [5, 5.41) is 2.69. The quantitative estimate of drug-likeness (QED) is 0.785. The first-order chi connectivity index (χ1) is 10.4. The Morgan fingerprint density at radius 3 is 2.73 bits per heavy atom. The lowest BCUT2D eigenvalue weighted by molar-refractivity contribution is -0.141. The summed E-state index contributed by atoms with van der Waals surface area (Å²) in [6, 6.07) is 5.74. The minimum atomic E-state index is -4.52. The predicted molar refractivity (Wildman–Crippen MR) is 74.6 cm³/mol. The topological polar surface area (TPSA) is 67.8 Å². The van der Waals surface area contributed by atoms with Gasteiger partial charge in [0.15, 0.2) is 5.13 Å². The number of nitrogens with zero attached hydrogens (tertiary/aromatic N) is 3. The number of nitrogens with one attached hydrogen (secondary N) is 1. The van der Waals surface area contributed by atoms with Gasteiger partial charge in [0.1, 0.15) is 16.9 Å². The van der Waals surface area contributed by atoms with E-state index in [9.17, 15) is 18.0 Å². The van der Waals surface area contributed by atoms with Gasteiger partial charge in [-0.1, -0.05) is 17.4 Å². The molecule has 22 heavy (non-hydrogen) atoms.